The van der Waals surface area contributed by atoms with Gasteiger partial charge in [-0.25, -0.2) is 9.97 Å². The predicted molar refractivity (Wildman–Crippen MR) is 96.8 cm³/mol. The van der Waals surface area contributed by atoms with Crippen LogP contribution in [0.15, 0.2) is 36.7 Å². The number of aromatic nitrogens is 2. The fourth-order valence-electron chi connectivity index (χ4n) is 2.95. The summed E-state index contributed by atoms with van der Waals surface area (Å²) >= 11 is 0. The monoisotopic (exact) mass is 341 g/mol. The smallest absolute Gasteiger partial charge is 0.257 e. The molecule has 1 aliphatic rings. The number of piperazine rings is 1. The number of amides is 1. The lowest BCUT2D eigenvalue weighted by Gasteiger charge is -2.35. The fraction of sp³-hybridized carbons (Fsp3) is 0.389. The minimum atomic E-state index is -0.0525. The number of ether oxygens (including phenoxy) is 1. The van der Waals surface area contributed by atoms with Gasteiger partial charge in [0.25, 0.3) is 5.88 Å². The van der Waals surface area contributed by atoms with E-state index in [9.17, 15) is 4.79 Å². The highest BCUT2D eigenvalue weighted by molar-refractivity contribution is 5.88. The number of carbonyl (C=O) groups is 1. The van der Waals surface area contributed by atoms with Gasteiger partial charge in [-0.15, -0.1) is 0 Å². The van der Waals surface area contributed by atoms with E-state index in [2.05, 4.69) is 37.2 Å². The molecule has 1 aliphatic heterocycles. The molecular weight excluding hydrogens is 318 g/mol. The average molecular weight is 341 g/mol. The van der Waals surface area contributed by atoms with Crippen LogP contribution in [0.3, 0.4) is 0 Å². The van der Waals surface area contributed by atoms with E-state index in [0.29, 0.717) is 5.88 Å². The molecule has 2 heterocycles. The normalized spacial score (nSPS) is 15.0. The molecule has 7 heteroatoms. The minimum Gasteiger partial charge on any atom is -0.478 e. The van der Waals surface area contributed by atoms with Crippen molar-refractivity contribution in [2.24, 2.45) is 0 Å². The zero-order chi connectivity index (χ0) is 17.6. The van der Waals surface area contributed by atoms with Crippen molar-refractivity contribution in [3.05, 3.63) is 42.2 Å². The Labute approximate surface area is 147 Å². The Kier molecular flexibility index (Phi) is 5.45. The highest BCUT2D eigenvalue weighted by Gasteiger charge is 2.21. The first kappa shape index (κ1) is 17.2. The second-order valence-electron chi connectivity index (χ2n) is 6.03. The van der Waals surface area contributed by atoms with Gasteiger partial charge in [0, 0.05) is 57.7 Å². The molecule has 0 unspecified atom stereocenters. The molecule has 1 N–H and O–H groups in total. The van der Waals surface area contributed by atoms with Crippen LogP contribution in [-0.2, 0) is 11.3 Å². The van der Waals surface area contributed by atoms with E-state index in [0.717, 1.165) is 44.2 Å². The molecule has 0 bridgehead atoms. The molecular formula is C18H23N5O2. The van der Waals surface area contributed by atoms with Crippen LogP contribution in [0.5, 0.6) is 5.88 Å². The number of nitrogens with zero attached hydrogens (tertiary/aromatic N) is 4. The van der Waals surface area contributed by atoms with Crippen molar-refractivity contribution in [1.29, 1.82) is 0 Å². The van der Waals surface area contributed by atoms with Crippen molar-refractivity contribution in [2.45, 2.75) is 13.5 Å². The third kappa shape index (κ3) is 4.45. The Bertz CT molecular complexity index is 712. The number of hydrogen-bond donors (Lipinski definition) is 1. The molecule has 7 nitrogen and oxygen atoms in total. The van der Waals surface area contributed by atoms with Crippen LogP contribution in [0.1, 0.15) is 12.5 Å². The molecule has 0 radical (unpaired) electrons. The molecule has 1 amide bonds. The van der Waals surface area contributed by atoms with Crippen LogP contribution in [0.4, 0.5) is 11.5 Å². The summed E-state index contributed by atoms with van der Waals surface area (Å²) in [5.74, 6) is 1.33. The molecule has 0 spiro atoms. The molecule has 2 aromatic rings. The maximum Gasteiger partial charge on any atom is 0.257 e. The van der Waals surface area contributed by atoms with Gasteiger partial charge in [-0.1, -0.05) is 12.1 Å². The van der Waals surface area contributed by atoms with Crippen molar-refractivity contribution in [3.8, 4) is 5.88 Å². The summed E-state index contributed by atoms with van der Waals surface area (Å²) in [4.78, 5) is 24.3. The highest BCUT2D eigenvalue weighted by Crippen LogP contribution is 2.23. The van der Waals surface area contributed by atoms with Gasteiger partial charge in [-0.2, -0.15) is 0 Å². The number of benzene rings is 1. The third-order valence-electron chi connectivity index (χ3n) is 4.19. The lowest BCUT2D eigenvalue weighted by atomic mass is 10.1. The van der Waals surface area contributed by atoms with E-state index in [-0.39, 0.29) is 5.91 Å². The maximum atomic E-state index is 11.1. The van der Waals surface area contributed by atoms with Crippen LogP contribution >= 0.6 is 0 Å². The second-order valence-corrected chi connectivity index (χ2v) is 6.03. The SMILES string of the molecule is COc1nccnc1N1CCN(Cc2ccc(NC(C)=O)cc2)CC1. The van der Waals surface area contributed by atoms with Gasteiger partial charge in [0.2, 0.25) is 5.91 Å². The Balaban J connectivity index is 1.55. The van der Waals surface area contributed by atoms with Gasteiger partial charge in [-0.05, 0) is 17.7 Å². The Morgan fingerprint density at radius 1 is 1.12 bits per heavy atom. The average Bonchev–Trinajstić information content (AvgIpc) is 2.63. The summed E-state index contributed by atoms with van der Waals surface area (Å²) in [6.07, 6.45) is 3.34. The topological polar surface area (TPSA) is 70.6 Å². The van der Waals surface area contributed by atoms with E-state index in [1.165, 1.54) is 12.5 Å². The second kappa shape index (κ2) is 7.94. The standard InChI is InChI=1S/C18H23N5O2/c1-14(24)21-16-5-3-15(4-6-16)13-22-9-11-23(12-10-22)17-18(25-2)20-8-7-19-17/h3-8H,9-13H2,1-2H3,(H,21,24). The Morgan fingerprint density at radius 3 is 2.44 bits per heavy atom. The molecule has 25 heavy (non-hydrogen) atoms. The lowest BCUT2D eigenvalue weighted by Crippen LogP contribution is -2.46. The fourth-order valence-corrected chi connectivity index (χ4v) is 2.95. The summed E-state index contributed by atoms with van der Waals surface area (Å²) < 4.78 is 5.30. The number of rotatable bonds is 5. The molecule has 1 aromatic carbocycles. The van der Waals surface area contributed by atoms with Gasteiger partial charge in [0.15, 0.2) is 5.82 Å². The summed E-state index contributed by atoms with van der Waals surface area (Å²) in [7, 11) is 1.62. The molecule has 0 saturated carbocycles. The van der Waals surface area contributed by atoms with Crippen LogP contribution in [-0.4, -0.2) is 54.1 Å². The molecule has 0 atom stereocenters. The van der Waals surface area contributed by atoms with Crippen LogP contribution in [0.25, 0.3) is 0 Å². The summed E-state index contributed by atoms with van der Waals surface area (Å²) in [5.41, 5.74) is 2.07. The maximum absolute atomic E-state index is 11.1. The number of carbonyl (C=O) groups excluding carboxylic acids is 1. The molecule has 3 rings (SSSR count). The minimum absolute atomic E-state index is 0.0525. The van der Waals surface area contributed by atoms with E-state index < -0.39 is 0 Å². The number of anilines is 2. The Morgan fingerprint density at radius 2 is 1.80 bits per heavy atom. The van der Waals surface area contributed by atoms with Crippen LogP contribution in [0.2, 0.25) is 0 Å². The van der Waals surface area contributed by atoms with E-state index in [4.69, 9.17) is 4.74 Å². The quantitative estimate of drug-likeness (QED) is 0.894. The number of hydrogen-bond acceptors (Lipinski definition) is 6. The lowest BCUT2D eigenvalue weighted by molar-refractivity contribution is -0.114. The molecule has 1 fully saturated rings. The first-order chi connectivity index (χ1) is 12.2. The molecule has 1 aromatic heterocycles. The first-order valence-electron chi connectivity index (χ1n) is 8.34. The molecule has 1 saturated heterocycles. The predicted octanol–water partition coefficient (Wildman–Crippen LogP) is 1.77. The molecule has 0 aliphatic carbocycles. The Hall–Kier alpha value is -2.67. The first-order valence-corrected chi connectivity index (χ1v) is 8.34. The van der Waals surface area contributed by atoms with Gasteiger partial charge in [0.1, 0.15) is 0 Å². The van der Waals surface area contributed by atoms with Crippen LogP contribution in [0, 0.1) is 0 Å². The van der Waals surface area contributed by atoms with Gasteiger partial charge >= 0.3 is 0 Å². The van der Waals surface area contributed by atoms with Gasteiger partial charge < -0.3 is 15.0 Å². The number of nitrogens with one attached hydrogen (secondary N) is 1. The van der Waals surface area contributed by atoms with Gasteiger partial charge in [0.05, 0.1) is 7.11 Å². The van der Waals surface area contributed by atoms with E-state index >= 15 is 0 Å². The number of methoxy groups -OCH3 is 1. The molecule has 132 valence electrons. The summed E-state index contributed by atoms with van der Waals surface area (Å²) in [6, 6.07) is 8.00. The van der Waals surface area contributed by atoms with E-state index in [1.54, 1.807) is 19.5 Å². The van der Waals surface area contributed by atoms with Crippen LogP contribution < -0.4 is 15.0 Å². The van der Waals surface area contributed by atoms with Crippen molar-refractivity contribution in [2.75, 3.05) is 43.5 Å². The van der Waals surface area contributed by atoms with Crippen molar-refractivity contribution >= 4 is 17.4 Å². The van der Waals surface area contributed by atoms with Crippen molar-refractivity contribution in [1.82, 2.24) is 14.9 Å². The largest absolute Gasteiger partial charge is 0.478 e. The highest BCUT2D eigenvalue weighted by atomic mass is 16.5. The van der Waals surface area contributed by atoms with Crippen molar-refractivity contribution < 1.29 is 9.53 Å². The summed E-state index contributed by atoms with van der Waals surface area (Å²) in [6.45, 7) is 6.09. The zero-order valence-electron chi connectivity index (χ0n) is 14.6. The van der Waals surface area contributed by atoms with Crippen molar-refractivity contribution in [3.63, 3.8) is 0 Å². The van der Waals surface area contributed by atoms with E-state index in [1.807, 2.05) is 12.1 Å². The van der Waals surface area contributed by atoms with Gasteiger partial charge in [-0.3, -0.25) is 9.69 Å². The summed E-state index contributed by atoms with van der Waals surface area (Å²) in [5, 5.41) is 2.79. The zero-order valence-corrected chi connectivity index (χ0v) is 14.6. The third-order valence-corrected chi connectivity index (χ3v) is 4.19.